The molecule has 1 N–H and O–H groups in total. The predicted molar refractivity (Wildman–Crippen MR) is 96.0 cm³/mol. The molecule has 27 heavy (non-hydrogen) atoms. The third-order valence-corrected chi connectivity index (χ3v) is 4.62. The van der Waals surface area contributed by atoms with Gasteiger partial charge in [0.05, 0.1) is 5.92 Å². The van der Waals surface area contributed by atoms with Crippen LogP contribution in [0.3, 0.4) is 0 Å². The van der Waals surface area contributed by atoms with Crippen LogP contribution in [-0.2, 0) is 16.0 Å². The molecule has 1 atom stereocenters. The van der Waals surface area contributed by atoms with Crippen molar-refractivity contribution in [3.05, 3.63) is 36.0 Å². The first-order valence-electron chi connectivity index (χ1n) is 9.21. The Bertz CT molecular complexity index is 791. The molecule has 1 saturated heterocycles. The molecule has 0 saturated carbocycles. The van der Waals surface area contributed by atoms with E-state index in [0.29, 0.717) is 43.3 Å². The number of carbonyl (C=O) groups excluding carboxylic acids is 2. The van der Waals surface area contributed by atoms with Gasteiger partial charge in [-0.3, -0.25) is 9.59 Å². The summed E-state index contributed by atoms with van der Waals surface area (Å²) >= 11 is 0. The second-order valence-corrected chi connectivity index (χ2v) is 6.59. The summed E-state index contributed by atoms with van der Waals surface area (Å²) in [7, 11) is 0. The van der Waals surface area contributed by atoms with Crippen LogP contribution in [0.4, 0.5) is 4.39 Å². The highest BCUT2D eigenvalue weighted by molar-refractivity contribution is 5.81. The maximum absolute atomic E-state index is 13.0. The Kier molecular flexibility index (Phi) is 6.16. The van der Waals surface area contributed by atoms with Gasteiger partial charge in [-0.1, -0.05) is 5.16 Å². The van der Waals surface area contributed by atoms with Crippen molar-refractivity contribution in [3.63, 3.8) is 0 Å². The average Bonchev–Trinajstić information content (AvgIpc) is 3.16. The summed E-state index contributed by atoms with van der Waals surface area (Å²) in [4.78, 5) is 30.5. The average molecular weight is 374 g/mol. The van der Waals surface area contributed by atoms with Gasteiger partial charge in [-0.25, -0.2) is 4.39 Å². The van der Waals surface area contributed by atoms with Crippen molar-refractivity contribution < 1.29 is 18.5 Å². The van der Waals surface area contributed by atoms with Crippen LogP contribution in [0.25, 0.3) is 11.4 Å². The highest BCUT2D eigenvalue weighted by atomic mass is 19.1. The van der Waals surface area contributed by atoms with E-state index < -0.39 is 0 Å². The standard InChI is InChI=1S/C19H23FN4O3/c1-2-21-19(26)14-4-3-11-24(12-14)17(25)10-9-16-22-18(23-27-16)13-5-7-15(20)8-6-13/h5-8,14H,2-4,9-12H2,1H3,(H,21,26)/t14-/m1/s1. The number of likely N-dealkylation sites (tertiary alicyclic amines) is 1. The molecule has 1 aromatic carbocycles. The highest BCUT2D eigenvalue weighted by Gasteiger charge is 2.28. The van der Waals surface area contributed by atoms with Gasteiger partial charge < -0.3 is 14.7 Å². The van der Waals surface area contributed by atoms with Crippen molar-refractivity contribution in [2.45, 2.75) is 32.6 Å². The van der Waals surface area contributed by atoms with E-state index in [1.165, 1.54) is 12.1 Å². The summed E-state index contributed by atoms with van der Waals surface area (Å²) in [6.07, 6.45) is 2.20. The quantitative estimate of drug-likeness (QED) is 0.837. The van der Waals surface area contributed by atoms with Gasteiger partial charge in [-0.05, 0) is 44.0 Å². The molecule has 0 radical (unpaired) electrons. The second-order valence-electron chi connectivity index (χ2n) is 6.59. The Labute approximate surface area is 156 Å². The van der Waals surface area contributed by atoms with Crippen molar-refractivity contribution in [1.82, 2.24) is 20.4 Å². The van der Waals surface area contributed by atoms with Gasteiger partial charge in [0.1, 0.15) is 5.82 Å². The molecule has 2 amide bonds. The number of nitrogens with one attached hydrogen (secondary N) is 1. The number of carbonyl (C=O) groups is 2. The number of aryl methyl sites for hydroxylation is 1. The molecule has 144 valence electrons. The summed E-state index contributed by atoms with van der Waals surface area (Å²) in [5, 5.41) is 6.70. The van der Waals surface area contributed by atoms with Crippen LogP contribution in [0.5, 0.6) is 0 Å². The van der Waals surface area contributed by atoms with Crippen molar-refractivity contribution in [2.75, 3.05) is 19.6 Å². The lowest BCUT2D eigenvalue weighted by Crippen LogP contribution is -2.45. The van der Waals surface area contributed by atoms with Crippen LogP contribution >= 0.6 is 0 Å². The minimum Gasteiger partial charge on any atom is -0.356 e. The number of benzene rings is 1. The van der Waals surface area contributed by atoms with E-state index in [1.54, 1.807) is 17.0 Å². The number of hydrogen-bond donors (Lipinski definition) is 1. The van der Waals surface area contributed by atoms with Gasteiger partial charge >= 0.3 is 0 Å². The number of amides is 2. The Balaban J connectivity index is 1.53. The zero-order valence-electron chi connectivity index (χ0n) is 15.3. The molecule has 1 aromatic heterocycles. The maximum atomic E-state index is 13.0. The number of rotatable bonds is 6. The first kappa shape index (κ1) is 19.0. The first-order valence-corrected chi connectivity index (χ1v) is 9.21. The lowest BCUT2D eigenvalue weighted by atomic mass is 9.96. The molecule has 3 rings (SSSR count). The fourth-order valence-corrected chi connectivity index (χ4v) is 3.18. The Morgan fingerprint density at radius 1 is 1.33 bits per heavy atom. The lowest BCUT2D eigenvalue weighted by Gasteiger charge is -2.32. The summed E-state index contributed by atoms with van der Waals surface area (Å²) < 4.78 is 18.2. The molecule has 2 aromatic rings. The largest absolute Gasteiger partial charge is 0.356 e. The van der Waals surface area contributed by atoms with Gasteiger partial charge in [-0.15, -0.1) is 0 Å². The topological polar surface area (TPSA) is 88.3 Å². The number of halogens is 1. The molecule has 1 aliphatic rings. The molecule has 0 bridgehead atoms. The third-order valence-electron chi connectivity index (χ3n) is 4.62. The molecule has 0 aliphatic carbocycles. The van der Waals surface area contributed by atoms with Crippen LogP contribution in [-0.4, -0.2) is 46.5 Å². The molecule has 0 spiro atoms. The molecule has 8 heteroatoms. The molecule has 7 nitrogen and oxygen atoms in total. The van der Waals surface area contributed by atoms with Crippen LogP contribution in [0, 0.1) is 11.7 Å². The van der Waals surface area contributed by atoms with Gasteiger partial charge in [0, 0.05) is 38.0 Å². The first-order chi connectivity index (χ1) is 13.1. The maximum Gasteiger partial charge on any atom is 0.227 e. The van der Waals surface area contributed by atoms with Gasteiger partial charge in [0.15, 0.2) is 0 Å². The van der Waals surface area contributed by atoms with Crippen molar-refractivity contribution >= 4 is 11.8 Å². The molecule has 1 aliphatic heterocycles. The van der Waals surface area contributed by atoms with Gasteiger partial charge in [0.25, 0.3) is 0 Å². The van der Waals surface area contributed by atoms with E-state index in [1.807, 2.05) is 6.92 Å². The van der Waals surface area contributed by atoms with Crippen LogP contribution in [0.2, 0.25) is 0 Å². The van der Waals surface area contributed by atoms with Crippen molar-refractivity contribution in [2.24, 2.45) is 5.92 Å². The van der Waals surface area contributed by atoms with Gasteiger partial charge in [0.2, 0.25) is 23.5 Å². The number of aromatic nitrogens is 2. The smallest absolute Gasteiger partial charge is 0.227 e. The van der Waals surface area contributed by atoms with E-state index in [2.05, 4.69) is 15.5 Å². The van der Waals surface area contributed by atoms with E-state index in [-0.39, 0.29) is 30.0 Å². The summed E-state index contributed by atoms with van der Waals surface area (Å²) in [5.41, 5.74) is 0.651. The van der Waals surface area contributed by atoms with Crippen molar-refractivity contribution in [3.8, 4) is 11.4 Å². The Hall–Kier alpha value is -2.77. The molecular weight excluding hydrogens is 351 g/mol. The predicted octanol–water partition coefficient (Wildman–Crippen LogP) is 2.18. The zero-order chi connectivity index (χ0) is 19.2. The lowest BCUT2D eigenvalue weighted by molar-refractivity contribution is -0.135. The molecule has 2 heterocycles. The van der Waals surface area contributed by atoms with E-state index in [0.717, 1.165) is 12.8 Å². The zero-order valence-corrected chi connectivity index (χ0v) is 15.3. The third kappa shape index (κ3) is 4.90. The highest BCUT2D eigenvalue weighted by Crippen LogP contribution is 2.19. The molecule has 1 fully saturated rings. The minimum atomic E-state index is -0.333. The Morgan fingerprint density at radius 3 is 2.85 bits per heavy atom. The summed E-state index contributed by atoms with van der Waals surface area (Å²) in [5.74, 6) is 0.240. The summed E-state index contributed by atoms with van der Waals surface area (Å²) in [6, 6.07) is 5.81. The van der Waals surface area contributed by atoms with Gasteiger partial charge in [-0.2, -0.15) is 4.98 Å². The molecular formula is C19H23FN4O3. The monoisotopic (exact) mass is 374 g/mol. The number of nitrogens with zero attached hydrogens (tertiary/aromatic N) is 3. The second kappa shape index (κ2) is 8.75. The van der Waals surface area contributed by atoms with Crippen LogP contribution in [0.15, 0.2) is 28.8 Å². The Morgan fingerprint density at radius 2 is 2.11 bits per heavy atom. The molecule has 0 unspecified atom stereocenters. The van der Waals surface area contributed by atoms with Crippen molar-refractivity contribution in [1.29, 1.82) is 0 Å². The number of piperidine rings is 1. The van der Waals surface area contributed by atoms with E-state index >= 15 is 0 Å². The SMILES string of the molecule is CCNC(=O)[C@@H]1CCCN(C(=O)CCc2nc(-c3ccc(F)cc3)no2)C1. The van der Waals surface area contributed by atoms with Crippen LogP contribution < -0.4 is 5.32 Å². The number of hydrogen-bond acceptors (Lipinski definition) is 5. The fraction of sp³-hybridized carbons (Fsp3) is 0.474. The summed E-state index contributed by atoms with van der Waals surface area (Å²) in [6.45, 7) is 3.60. The minimum absolute atomic E-state index is 0.0100. The fourth-order valence-electron chi connectivity index (χ4n) is 3.18. The van der Waals surface area contributed by atoms with E-state index in [9.17, 15) is 14.0 Å². The van der Waals surface area contributed by atoms with E-state index in [4.69, 9.17) is 4.52 Å². The normalized spacial score (nSPS) is 17.0. The van der Waals surface area contributed by atoms with Crippen LogP contribution in [0.1, 0.15) is 32.1 Å².